The highest BCUT2D eigenvalue weighted by atomic mass is 16.7. The van der Waals surface area contributed by atoms with Crippen LogP contribution >= 0.6 is 0 Å². The van der Waals surface area contributed by atoms with Gasteiger partial charge >= 0.3 is 5.97 Å². The van der Waals surface area contributed by atoms with E-state index in [1.54, 1.807) is 6.92 Å². The molecule has 5 atom stereocenters. The molecule has 0 bridgehead atoms. The number of fused-ring (bicyclic) bond motifs is 1. The summed E-state index contributed by atoms with van der Waals surface area (Å²) in [5.41, 5.74) is 0. The molecule has 0 radical (unpaired) electrons. The van der Waals surface area contributed by atoms with Crippen molar-refractivity contribution in [2.75, 3.05) is 13.4 Å². The molecular formula is C12H15NO7. The number of carboxylic acids is 1. The first-order chi connectivity index (χ1) is 9.56. The van der Waals surface area contributed by atoms with Gasteiger partial charge < -0.3 is 29.2 Å². The summed E-state index contributed by atoms with van der Waals surface area (Å²) in [6.45, 7) is 2.00. The Morgan fingerprint density at radius 1 is 1.50 bits per heavy atom. The molecule has 0 aromatic rings. The minimum atomic E-state index is -1.21. The van der Waals surface area contributed by atoms with E-state index in [0.717, 1.165) is 0 Å². The predicted octanol–water partition coefficient (Wildman–Crippen LogP) is -0.727. The minimum Gasteiger partial charge on any atom is -0.478 e. The monoisotopic (exact) mass is 285 g/mol. The maximum atomic E-state index is 11.1. The molecule has 0 aliphatic carbocycles. The predicted molar refractivity (Wildman–Crippen MR) is 64.1 cm³/mol. The number of carboxylic acid groups (broad SMARTS) is 1. The van der Waals surface area contributed by atoms with Gasteiger partial charge in [0, 0.05) is 13.0 Å². The zero-order valence-corrected chi connectivity index (χ0v) is 10.8. The van der Waals surface area contributed by atoms with Crippen molar-refractivity contribution in [2.45, 2.75) is 37.4 Å². The van der Waals surface area contributed by atoms with Crippen molar-refractivity contribution < 1.29 is 34.0 Å². The Morgan fingerprint density at radius 2 is 2.30 bits per heavy atom. The lowest BCUT2D eigenvalue weighted by molar-refractivity contribution is -0.144. The molecule has 20 heavy (non-hydrogen) atoms. The van der Waals surface area contributed by atoms with Crippen molar-refractivity contribution in [2.24, 2.45) is 4.99 Å². The smallest absolute Gasteiger partial charge is 0.370 e. The fourth-order valence-corrected chi connectivity index (χ4v) is 2.53. The molecule has 0 saturated carbocycles. The van der Waals surface area contributed by atoms with Gasteiger partial charge in [0.15, 0.2) is 12.0 Å². The lowest BCUT2D eigenvalue weighted by atomic mass is 9.95. The van der Waals surface area contributed by atoms with Crippen molar-refractivity contribution in [1.29, 1.82) is 0 Å². The molecule has 1 fully saturated rings. The first-order valence-corrected chi connectivity index (χ1v) is 6.26. The average molecular weight is 285 g/mol. The van der Waals surface area contributed by atoms with Crippen LogP contribution in [0.4, 0.5) is 0 Å². The summed E-state index contributed by atoms with van der Waals surface area (Å²) in [4.78, 5) is 15.3. The Bertz CT molecular complexity index is 468. The van der Waals surface area contributed by atoms with Crippen LogP contribution < -0.4 is 0 Å². The number of nitrogens with zero attached hydrogens (tertiary/aromatic N) is 1. The molecule has 1 saturated heterocycles. The van der Waals surface area contributed by atoms with Crippen molar-refractivity contribution in [3.8, 4) is 0 Å². The number of rotatable bonds is 3. The van der Waals surface area contributed by atoms with Gasteiger partial charge in [0.2, 0.25) is 5.76 Å². The molecule has 0 spiro atoms. The quantitative estimate of drug-likeness (QED) is 0.704. The van der Waals surface area contributed by atoms with Gasteiger partial charge in [-0.05, 0) is 0 Å². The van der Waals surface area contributed by atoms with E-state index in [2.05, 4.69) is 4.99 Å². The molecule has 0 aromatic carbocycles. The van der Waals surface area contributed by atoms with Gasteiger partial charge in [-0.15, -0.1) is 0 Å². The Morgan fingerprint density at radius 3 is 2.95 bits per heavy atom. The first-order valence-electron chi connectivity index (χ1n) is 6.26. The standard InChI is InChI=1S/C12H15NO7/c1-5-13-9-6(19-5)2-7(12(15)16)20-11(9)10(14)8-3-17-4-18-8/h2,6,8-11,14H,3-4H2,1H3,(H,15,16)/t6-,8+,9-,10+,11-/m1/s1. The summed E-state index contributed by atoms with van der Waals surface area (Å²) in [6.07, 6.45) is -1.64. The van der Waals surface area contributed by atoms with Crippen LogP contribution in [0.25, 0.3) is 0 Å². The van der Waals surface area contributed by atoms with Gasteiger partial charge in [0.25, 0.3) is 0 Å². The summed E-state index contributed by atoms with van der Waals surface area (Å²) in [5.74, 6) is -1.02. The fraction of sp³-hybridized carbons (Fsp3) is 0.667. The van der Waals surface area contributed by atoms with E-state index in [9.17, 15) is 9.90 Å². The Hall–Kier alpha value is -1.64. The Labute approximate surface area is 114 Å². The van der Waals surface area contributed by atoms with Crippen LogP contribution in [0.15, 0.2) is 16.8 Å². The largest absolute Gasteiger partial charge is 0.478 e. The molecule has 2 N–H and O–H groups in total. The second-order valence-corrected chi connectivity index (χ2v) is 4.82. The molecule has 8 heteroatoms. The van der Waals surface area contributed by atoms with Gasteiger partial charge in [0.1, 0.15) is 31.1 Å². The molecular weight excluding hydrogens is 270 g/mol. The van der Waals surface area contributed by atoms with Gasteiger partial charge in [-0.2, -0.15) is 0 Å². The molecule has 3 aliphatic rings. The molecule has 3 rings (SSSR count). The van der Waals surface area contributed by atoms with E-state index in [1.165, 1.54) is 6.08 Å². The van der Waals surface area contributed by atoms with Crippen LogP contribution in [-0.2, 0) is 23.7 Å². The van der Waals surface area contributed by atoms with Crippen molar-refractivity contribution in [1.82, 2.24) is 0 Å². The summed E-state index contributed by atoms with van der Waals surface area (Å²) < 4.78 is 21.1. The van der Waals surface area contributed by atoms with Gasteiger partial charge in [0.05, 0.1) is 6.61 Å². The summed E-state index contributed by atoms with van der Waals surface area (Å²) >= 11 is 0. The van der Waals surface area contributed by atoms with E-state index in [0.29, 0.717) is 5.90 Å². The summed E-state index contributed by atoms with van der Waals surface area (Å²) in [6, 6.07) is -0.489. The second kappa shape index (κ2) is 5.04. The average Bonchev–Trinajstić information content (AvgIpc) is 3.04. The van der Waals surface area contributed by atoms with Crippen LogP contribution in [0.2, 0.25) is 0 Å². The third-order valence-corrected chi connectivity index (χ3v) is 3.47. The van der Waals surface area contributed by atoms with Crippen molar-refractivity contribution in [3.05, 3.63) is 11.8 Å². The van der Waals surface area contributed by atoms with E-state index < -0.39 is 36.4 Å². The third-order valence-electron chi connectivity index (χ3n) is 3.47. The maximum Gasteiger partial charge on any atom is 0.370 e. The summed E-state index contributed by atoms with van der Waals surface area (Å²) in [7, 11) is 0. The molecule has 0 aromatic heterocycles. The number of hydrogen-bond acceptors (Lipinski definition) is 7. The van der Waals surface area contributed by atoms with E-state index in [1.807, 2.05) is 0 Å². The highest BCUT2D eigenvalue weighted by Crippen LogP contribution is 2.31. The normalized spacial score (nSPS) is 37.3. The van der Waals surface area contributed by atoms with Crippen LogP contribution in [0.3, 0.4) is 0 Å². The second-order valence-electron chi connectivity index (χ2n) is 4.82. The molecule has 3 aliphatic heterocycles. The first kappa shape index (κ1) is 13.3. The third kappa shape index (κ3) is 2.26. The van der Waals surface area contributed by atoms with Crippen molar-refractivity contribution >= 4 is 11.9 Å². The SMILES string of the molecule is CC1=N[C@H]2[C@H]([C@@H](O)[C@@H]3COCO3)OC(C(=O)O)=C[C@H]2O1. The minimum absolute atomic E-state index is 0.100. The molecule has 0 amide bonds. The van der Waals surface area contributed by atoms with Gasteiger partial charge in [-0.25, -0.2) is 9.79 Å². The Kier molecular flexibility index (Phi) is 3.36. The van der Waals surface area contributed by atoms with Crippen LogP contribution in [0, 0.1) is 0 Å². The van der Waals surface area contributed by atoms with Gasteiger partial charge in [-0.3, -0.25) is 0 Å². The van der Waals surface area contributed by atoms with Gasteiger partial charge in [-0.1, -0.05) is 0 Å². The number of hydrogen-bond donors (Lipinski definition) is 2. The summed E-state index contributed by atoms with van der Waals surface area (Å²) in [5, 5.41) is 19.4. The van der Waals surface area contributed by atoms with E-state index in [-0.39, 0.29) is 19.2 Å². The number of ether oxygens (including phenoxy) is 4. The Balaban J connectivity index is 1.84. The molecule has 110 valence electrons. The number of aliphatic hydroxyl groups is 1. The van der Waals surface area contributed by atoms with Crippen LogP contribution in [-0.4, -0.2) is 65.9 Å². The topological polar surface area (TPSA) is 107 Å². The molecule has 3 heterocycles. The zero-order valence-electron chi connectivity index (χ0n) is 10.8. The van der Waals surface area contributed by atoms with Crippen LogP contribution in [0.1, 0.15) is 6.92 Å². The number of aliphatic carboxylic acids is 1. The highest BCUT2D eigenvalue weighted by molar-refractivity contribution is 5.85. The fourth-order valence-electron chi connectivity index (χ4n) is 2.53. The number of aliphatic hydroxyl groups excluding tert-OH is 1. The molecule has 8 nitrogen and oxygen atoms in total. The van der Waals surface area contributed by atoms with E-state index in [4.69, 9.17) is 24.1 Å². The highest BCUT2D eigenvalue weighted by Gasteiger charge is 2.47. The van der Waals surface area contributed by atoms with Crippen molar-refractivity contribution in [3.63, 3.8) is 0 Å². The zero-order chi connectivity index (χ0) is 14.3. The molecule has 0 unspecified atom stereocenters. The number of aliphatic imine (C=N–C) groups is 1. The number of carbonyl (C=O) groups is 1. The van der Waals surface area contributed by atoms with Crippen LogP contribution in [0.5, 0.6) is 0 Å². The maximum absolute atomic E-state index is 11.1. The lowest BCUT2D eigenvalue weighted by Gasteiger charge is -2.34. The van der Waals surface area contributed by atoms with E-state index >= 15 is 0 Å². The lowest BCUT2D eigenvalue weighted by Crippen LogP contribution is -2.51.